The summed E-state index contributed by atoms with van der Waals surface area (Å²) in [5, 5.41) is 2.95. The molecule has 1 aliphatic carbocycles. The first-order valence-corrected chi connectivity index (χ1v) is 4.41. The third kappa shape index (κ3) is 2.08. The van der Waals surface area contributed by atoms with Crippen LogP contribution in [0, 0.1) is 0 Å². The van der Waals surface area contributed by atoms with E-state index in [1.54, 1.807) is 0 Å². The van der Waals surface area contributed by atoms with Gasteiger partial charge < -0.3 is 11.1 Å². The SMILES string of the molecule is CNC/C(N)=C1\CCCCC1=O. The van der Waals surface area contributed by atoms with Gasteiger partial charge in [-0.15, -0.1) is 0 Å². The van der Waals surface area contributed by atoms with E-state index in [-0.39, 0.29) is 5.78 Å². The molecule has 0 saturated heterocycles. The Morgan fingerprint density at radius 2 is 2.17 bits per heavy atom. The van der Waals surface area contributed by atoms with Crippen molar-refractivity contribution in [2.24, 2.45) is 5.73 Å². The summed E-state index contributed by atoms with van der Waals surface area (Å²) in [5.41, 5.74) is 7.33. The molecule has 3 heteroatoms. The van der Waals surface area contributed by atoms with E-state index < -0.39 is 0 Å². The number of hydrogen-bond acceptors (Lipinski definition) is 3. The number of nitrogens with one attached hydrogen (secondary N) is 1. The average molecular weight is 168 g/mol. The molecule has 12 heavy (non-hydrogen) atoms. The maximum atomic E-state index is 11.3. The number of rotatable bonds is 2. The van der Waals surface area contributed by atoms with Crippen molar-refractivity contribution in [3.63, 3.8) is 0 Å². The predicted octanol–water partition coefficient (Wildman–Crippen LogP) is 0.562. The van der Waals surface area contributed by atoms with Crippen molar-refractivity contribution in [1.29, 1.82) is 0 Å². The zero-order valence-electron chi connectivity index (χ0n) is 7.52. The van der Waals surface area contributed by atoms with Gasteiger partial charge in [0, 0.05) is 24.2 Å². The highest BCUT2D eigenvalue weighted by atomic mass is 16.1. The minimum atomic E-state index is 0.244. The third-order valence-electron chi connectivity index (χ3n) is 2.17. The first-order valence-electron chi connectivity index (χ1n) is 4.41. The number of carbonyl (C=O) groups is 1. The largest absolute Gasteiger partial charge is 0.401 e. The molecule has 0 atom stereocenters. The molecule has 0 amide bonds. The first-order chi connectivity index (χ1) is 5.75. The van der Waals surface area contributed by atoms with Crippen LogP contribution in [0.25, 0.3) is 0 Å². The maximum Gasteiger partial charge on any atom is 0.160 e. The highest BCUT2D eigenvalue weighted by molar-refractivity contribution is 5.96. The number of Topliss-reactive ketones (excluding diaryl/α,β-unsaturated/α-hetero) is 1. The van der Waals surface area contributed by atoms with Crippen LogP contribution < -0.4 is 11.1 Å². The van der Waals surface area contributed by atoms with Gasteiger partial charge in [0.15, 0.2) is 5.78 Å². The fourth-order valence-corrected chi connectivity index (χ4v) is 1.51. The van der Waals surface area contributed by atoms with Crippen LogP contribution in [-0.4, -0.2) is 19.4 Å². The van der Waals surface area contributed by atoms with Gasteiger partial charge in [-0.05, 0) is 26.3 Å². The topological polar surface area (TPSA) is 55.1 Å². The van der Waals surface area contributed by atoms with E-state index in [0.717, 1.165) is 30.5 Å². The molecular formula is C9H16N2O. The molecule has 0 aromatic rings. The van der Waals surface area contributed by atoms with Gasteiger partial charge in [0.2, 0.25) is 0 Å². The van der Waals surface area contributed by atoms with Gasteiger partial charge in [-0.2, -0.15) is 0 Å². The molecule has 0 aromatic heterocycles. The van der Waals surface area contributed by atoms with Gasteiger partial charge in [-0.25, -0.2) is 0 Å². The van der Waals surface area contributed by atoms with Gasteiger partial charge >= 0.3 is 0 Å². The number of ketones is 1. The van der Waals surface area contributed by atoms with Gasteiger partial charge in [-0.3, -0.25) is 4.79 Å². The molecule has 1 fully saturated rings. The minimum absolute atomic E-state index is 0.244. The molecule has 0 radical (unpaired) electrons. The van der Waals surface area contributed by atoms with Gasteiger partial charge in [0.05, 0.1) is 0 Å². The Kier molecular flexibility index (Phi) is 3.29. The van der Waals surface area contributed by atoms with Crippen molar-refractivity contribution in [2.75, 3.05) is 13.6 Å². The van der Waals surface area contributed by atoms with E-state index in [0.29, 0.717) is 13.0 Å². The van der Waals surface area contributed by atoms with Crippen molar-refractivity contribution < 1.29 is 4.79 Å². The molecule has 68 valence electrons. The Morgan fingerprint density at radius 3 is 2.75 bits per heavy atom. The highest BCUT2D eigenvalue weighted by Crippen LogP contribution is 2.20. The Hall–Kier alpha value is -0.830. The van der Waals surface area contributed by atoms with Crippen LogP contribution in [0.4, 0.5) is 0 Å². The van der Waals surface area contributed by atoms with Crippen LogP contribution in [0.15, 0.2) is 11.3 Å². The molecule has 0 unspecified atom stereocenters. The zero-order chi connectivity index (χ0) is 8.97. The van der Waals surface area contributed by atoms with Crippen LogP contribution >= 0.6 is 0 Å². The number of hydrogen-bond donors (Lipinski definition) is 2. The standard InChI is InChI=1S/C9H16N2O/c1-11-6-8(10)7-4-2-3-5-9(7)12/h11H,2-6,10H2,1H3/b8-7-. The fraction of sp³-hybridized carbons (Fsp3) is 0.667. The molecule has 0 aromatic carbocycles. The van der Waals surface area contributed by atoms with E-state index in [1.807, 2.05) is 7.05 Å². The van der Waals surface area contributed by atoms with E-state index in [4.69, 9.17) is 5.73 Å². The van der Waals surface area contributed by atoms with Crippen molar-refractivity contribution in [3.8, 4) is 0 Å². The second-order valence-corrected chi connectivity index (χ2v) is 3.16. The highest BCUT2D eigenvalue weighted by Gasteiger charge is 2.17. The lowest BCUT2D eigenvalue weighted by Crippen LogP contribution is -2.22. The number of allylic oxidation sites excluding steroid dienone is 1. The summed E-state index contributed by atoms with van der Waals surface area (Å²) in [5.74, 6) is 0.244. The molecule has 0 aliphatic heterocycles. The van der Waals surface area contributed by atoms with E-state index in [9.17, 15) is 4.79 Å². The van der Waals surface area contributed by atoms with Crippen molar-refractivity contribution in [2.45, 2.75) is 25.7 Å². The number of likely N-dealkylation sites (N-methyl/N-ethyl adjacent to an activating group) is 1. The average Bonchev–Trinajstić information content (AvgIpc) is 2.05. The summed E-state index contributed by atoms with van der Waals surface area (Å²) < 4.78 is 0. The number of nitrogens with two attached hydrogens (primary N) is 1. The lowest BCUT2D eigenvalue weighted by molar-refractivity contribution is -0.116. The molecule has 0 heterocycles. The van der Waals surface area contributed by atoms with Crippen molar-refractivity contribution in [3.05, 3.63) is 11.3 Å². The fourth-order valence-electron chi connectivity index (χ4n) is 1.51. The van der Waals surface area contributed by atoms with Gasteiger partial charge in [0.25, 0.3) is 0 Å². The van der Waals surface area contributed by atoms with Gasteiger partial charge in [-0.1, -0.05) is 0 Å². The van der Waals surface area contributed by atoms with E-state index in [1.165, 1.54) is 0 Å². The molecule has 1 rings (SSSR count). The van der Waals surface area contributed by atoms with E-state index in [2.05, 4.69) is 5.32 Å². The Bertz CT molecular complexity index is 209. The zero-order valence-corrected chi connectivity index (χ0v) is 7.52. The summed E-state index contributed by atoms with van der Waals surface area (Å²) in [7, 11) is 1.83. The second-order valence-electron chi connectivity index (χ2n) is 3.16. The molecule has 1 saturated carbocycles. The Morgan fingerprint density at radius 1 is 1.50 bits per heavy atom. The summed E-state index contributed by atoms with van der Waals surface area (Å²) in [6, 6.07) is 0. The minimum Gasteiger partial charge on any atom is -0.401 e. The lowest BCUT2D eigenvalue weighted by Gasteiger charge is -2.15. The van der Waals surface area contributed by atoms with Crippen LogP contribution in [0.3, 0.4) is 0 Å². The van der Waals surface area contributed by atoms with Crippen LogP contribution in [0.2, 0.25) is 0 Å². The van der Waals surface area contributed by atoms with Crippen LogP contribution in [-0.2, 0) is 4.79 Å². The van der Waals surface area contributed by atoms with Crippen LogP contribution in [0.1, 0.15) is 25.7 Å². The molecule has 3 nitrogen and oxygen atoms in total. The summed E-state index contributed by atoms with van der Waals surface area (Å²) in [6.07, 6.45) is 3.67. The third-order valence-corrected chi connectivity index (χ3v) is 2.17. The molecule has 0 spiro atoms. The van der Waals surface area contributed by atoms with Crippen molar-refractivity contribution in [1.82, 2.24) is 5.32 Å². The predicted molar refractivity (Wildman–Crippen MR) is 48.6 cm³/mol. The molecular weight excluding hydrogens is 152 g/mol. The molecule has 1 aliphatic rings. The van der Waals surface area contributed by atoms with Crippen LogP contribution in [0.5, 0.6) is 0 Å². The van der Waals surface area contributed by atoms with Gasteiger partial charge in [0.1, 0.15) is 0 Å². The lowest BCUT2D eigenvalue weighted by atomic mass is 9.92. The smallest absolute Gasteiger partial charge is 0.160 e. The molecule has 3 N–H and O–H groups in total. The van der Waals surface area contributed by atoms with Crippen molar-refractivity contribution >= 4 is 5.78 Å². The van der Waals surface area contributed by atoms with E-state index >= 15 is 0 Å². The summed E-state index contributed by atoms with van der Waals surface area (Å²) in [6.45, 7) is 0.626. The first kappa shape index (κ1) is 9.26. The Balaban J connectivity index is 2.68. The second kappa shape index (κ2) is 4.26. The normalized spacial score (nSPS) is 22.6. The summed E-state index contributed by atoms with van der Waals surface area (Å²) >= 11 is 0. The maximum absolute atomic E-state index is 11.3. The number of carbonyl (C=O) groups excluding carboxylic acids is 1. The Labute approximate surface area is 73.0 Å². The monoisotopic (exact) mass is 168 g/mol. The molecule has 0 bridgehead atoms. The quantitative estimate of drug-likeness (QED) is 0.592. The summed E-state index contributed by atoms with van der Waals surface area (Å²) in [4.78, 5) is 11.3.